The topological polar surface area (TPSA) is 62.1 Å². The molecule has 0 unspecified atom stereocenters. The van der Waals surface area contributed by atoms with Gasteiger partial charge < -0.3 is 10.1 Å². The van der Waals surface area contributed by atoms with Crippen molar-refractivity contribution in [2.75, 3.05) is 13.2 Å². The molecule has 0 saturated carbocycles. The maximum Gasteiger partial charge on any atom is 0.216 e. The van der Waals surface area contributed by atoms with Crippen molar-refractivity contribution in [2.45, 2.75) is 6.92 Å². The highest BCUT2D eigenvalue weighted by Crippen LogP contribution is 2.22. The quantitative estimate of drug-likeness (QED) is 0.857. The van der Waals surface area contributed by atoms with E-state index in [-0.39, 0.29) is 5.91 Å². The van der Waals surface area contributed by atoms with Crippen molar-refractivity contribution < 1.29 is 9.53 Å². The SMILES string of the molecule is CC(=O)NCCOc1cc(Br)ccc1C#N. The third-order valence-corrected chi connectivity index (χ3v) is 2.29. The Morgan fingerprint density at radius 2 is 2.38 bits per heavy atom. The largest absolute Gasteiger partial charge is 0.490 e. The molecule has 0 aromatic heterocycles. The van der Waals surface area contributed by atoms with Gasteiger partial charge in [0.2, 0.25) is 5.91 Å². The molecule has 0 fully saturated rings. The molecule has 0 aliphatic rings. The third-order valence-electron chi connectivity index (χ3n) is 1.80. The van der Waals surface area contributed by atoms with E-state index >= 15 is 0 Å². The van der Waals surface area contributed by atoms with Crippen molar-refractivity contribution in [3.63, 3.8) is 0 Å². The summed E-state index contributed by atoms with van der Waals surface area (Å²) in [7, 11) is 0. The van der Waals surface area contributed by atoms with Gasteiger partial charge >= 0.3 is 0 Å². The monoisotopic (exact) mass is 282 g/mol. The van der Waals surface area contributed by atoms with Crippen molar-refractivity contribution in [3.05, 3.63) is 28.2 Å². The number of hydrogen-bond acceptors (Lipinski definition) is 3. The Balaban J connectivity index is 2.56. The summed E-state index contributed by atoms with van der Waals surface area (Å²) in [6.45, 7) is 2.21. The Bertz CT molecular complexity index is 426. The van der Waals surface area contributed by atoms with Crippen molar-refractivity contribution >= 4 is 21.8 Å². The molecule has 0 radical (unpaired) electrons. The average Bonchev–Trinajstić information content (AvgIpc) is 2.24. The highest BCUT2D eigenvalue weighted by atomic mass is 79.9. The molecule has 84 valence electrons. The summed E-state index contributed by atoms with van der Waals surface area (Å²) in [6, 6.07) is 7.22. The number of carbonyl (C=O) groups is 1. The second-order valence-electron chi connectivity index (χ2n) is 3.08. The van der Waals surface area contributed by atoms with Crippen LogP contribution in [0.5, 0.6) is 5.75 Å². The lowest BCUT2D eigenvalue weighted by molar-refractivity contribution is -0.119. The standard InChI is InChI=1S/C11H11BrN2O2/c1-8(15)14-4-5-16-11-6-10(12)3-2-9(11)7-13/h2-3,6H,4-5H2,1H3,(H,14,15). The van der Waals surface area contributed by atoms with Crippen LogP contribution in [0.25, 0.3) is 0 Å². The number of halogens is 1. The number of nitrogens with one attached hydrogen (secondary N) is 1. The van der Waals surface area contributed by atoms with Gasteiger partial charge in [0.15, 0.2) is 0 Å². The van der Waals surface area contributed by atoms with E-state index in [0.29, 0.717) is 24.5 Å². The molecule has 0 aliphatic heterocycles. The van der Waals surface area contributed by atoms with Gasteiger partial charge in [0.05, 0.1) is 12.1 Å². The number of hydrogen-bond donors (Lipinski definition) is 1. The van der Waals surface area contributed by atoms with Crippen LogP contribution in [0.15, 0.2) is 22.7 Å². The number of amides is 1. The van der Waals surface area contributed by atoms with Crippen LogP contribution in [0.1, 0.15) is 12.5 Å². The Hall–Kier alpha value is -1.54. The van der Waals surface area contributed by atoms with Gasteiger partial charge in [0.1, 0.15) is 18.4 Å². The molecule has 1 N–H and O–H groups in total. The maximum atomic E-state index is 10.6. The molecule has 4 nitrogen and oxygen atoms in total. The fourth-order valence-corrected chi connectivity index (χ4v) is 1.44. The zero-order chi connectivity index (χ0) is 12.0. The molecule has 0 heterocycles. The predicted octanol–water partition coefficient (Wildman–Crippen LogP) is 1.84. The Morgan fingerprint density at radius 1 is 1.62 bits per heavy atom. The molecule has 1 aromatic rings. The lowest BCUT2D eigenvalue weighted by atomic mass is 10.2. The van der Waals surface area contributed by atoms with Gasteiger partial charge in [-0.3, -0.25) is 4.79 Å². The number of nitriles is 1. The molecule has 0 spiro atoms. The summed E-state index contributed by atoms with van der Waals surface area (Å²) in [6.07, 6.45) is 0. The summed E-state index contributed by atoms with van der Waals surface area (Å²) in [5.41, 5.74) is 0.478. The minimum Gasteiger partial charge on any atom is -0.490 e. The second kappa shape index (κ2) is 6.13. The Labute approximate surface area is 102 Å². The molecular weight excluding hydrogens is 272 g/mol. The first-order valence-electron chi connectivity index (χ1n) is 4.70. The van der Waals surface area contributed by atoms with Gasteiger partial charge in [-0.05, 0) is 18.2 Å². The summed E-state index contributed by atoms with van der Waals surface area (Å²) in [4.78, 5) is 10.6. The summed E-state index contributed by atoms with van der Waals surface area (Å²) in [5.74, 6) is 0.417. The van der Waals surface area contributed by atoms with Crippen LogP contribution in [-0.4, -0.2) is 19.1 Å². The van der Waals surface area contributed by atoms with Crippen LogP contribution in [-0.2, 0) is 4.79 Å². The molecule has 1 amide bonds. The molecule has 0 aliphatic carbocycles. The van der Waals surface area contributed by atoms with E-state index in [1.54, 1.807) is 18.2 Å². The van der Waals surface area contributed by atoms with Gasteiger partial charge in [0.25, 0.3) is 0 Å². The van der Waals surface area contributed by atoms with E-state index in [9.17, 15) is 4.79 Å². The van der Waals surface area contributed by atoms with Gasteiger partial charge in [-0.2, -0.15) is 5.26 Å². The average molecular weight is 283 g/mol. The van der Waals surface area contributed by atoms with Crippen LogP contribution in [0.2, 0.25) is 0 Å². The molecular formula is C11H11BrN2O2. The van der Waals surface area contributed by atoms with Crippen LogP contribution >= 0.6 is 15.9 Å². The van der Waals surface area contributed by atoms with E-state index < -0.39 is 0 Å². The van der Waals surface area contributed by atoms with E-state index in [4.69, 9.17) is 10.00 Å². The number of nitrogens with zero attached hydrogens (tertiary/aromatic N) is 1. The molecule has 5 heteroatoms. The summed E-state index contributed by atoms with van der Waals surface area (Å²) < 4.78 is 6.24. The number of rotatable bonds is 4. The summed E-state index contributed by atoms with van der Waals surface area (Å²) in [5, 5.41) is 11.4. The second-order valence-corrected chi connectivity index (χ2v) is 4.00. The molecule has 1 aromatic carbocycles. The zero-order valence-corrected chi connectivity index (χ0v) is 10.4. The lowest BCUT2D eigenvalue weighted by Crippen LogP contribution is -2.25. The molecule has 0 atom stereocenters. The molecule has 0 bridgehead atoms. The zero-order valence-electron chi connectivity index (χ0n) is 8.79. The number of carbonyl (C=O) groups excluding carboxylic acids is 1. The van der Waals surface area contributed by atoms with Crippen molar-refractivity contribution in [3.8, 4) is 11.8 Å². The summed E-state index contributed by atoms with van der Waals surface area (Å²) >= 11 is 3.30. The predicted molar refractivity (Wildman–Crippen MR) is 63.0 cm³/mol. The number of ether oxygens (including phenoxy) is 1. The fraction of sp³-hybridized carbons (Fsp3) is 0.273. The lowest BCUT2D eigenvalue weighted by Gasteiger charge is -2.08. The van der Waals surface area contributed by atoms with E-state index in [2.05, 4.69) is 21.2 Å². The first-order valence-corrected chi connectivity index (χ1v) is 5.49. The van der Waals surface area contributed by atoms with Crippen LogP contribution in [0.3, 0.4) is 0 Å². The van der Waals surface area contributed by atoms with Crippen LogP contribution < -0.4 is 10.1 Å². The number of benzene rings is 1. The first-order chi connectivity index (χ1) is 7.63. The van der Waals surface area contributed by atoms with E-state index in [1.165, 1.54) is 6.92 Å². The smallest absolute Gasteiger partial charge is 0.216 e. The van der Waals surface area contributed by atoms with Crippen LogP contribution in [0, 0.1) is 11.3 Å². The molecule has 1 rings (SSSR count). The Morgan fingerprint density at radius 3 is 3.00 bits per heavy atom. The highest BCUT2D eigenvalue weighted by molar-refractivity contribution is 9.10. The van der Waals surface area contributed by atoms with Crippen molar-refractivity contribution in [2.24, 2.45) is 0 Å². The minimum atomic E-state index is -0.0988. The first kappa shape index (κ1) is 12.5. The minimum absolute atomic E-state index is 0.0988. The van der Waals surface area contributed by atoms with Gasteiger partial charge in [-0.15, -0.1) is 0 Å². The normalized spacial score (nSPS) is 9.31. The van der Waals surface area contributed by atoms with Gasteiger partial charge in [-0.25, -0.2) is 0 Å². The van der Waals surface area contributed by atoms with Crippen LogP contribution in [0.4, 0.5) is 0 Å². The van der Waals surface area contributed by atoms with E-state index in [1.807, 2.05) is 6.07 Å². The van der Waals surface area contributed by atoms with Gasteiger partial charge in [-0.1, -0.05) is 15.9 Å². The van der Waals surface area contributed by atoms with E-state index in [0.717, 1.165) is 4.47 Å². The molecule has 16 heavy (non-hydrogen) atoms. The highest BCUT2D eigenvalue weighted by Gasteiger charge is 2.03. The van der Waals surface area contributed by atoms with Gasteiger partial charge in [0, 0.05) is 11.4 Å². The fourth-order valence-electron chi connectivity index (χ4n) is 1.10. The van der Waals surface area contributed by atoms with Crippen molar-refractivity contribution in [1.82, 2.24) is 5.32 Å². The van der Waals surface area contributed by atoms with Crippen molar-refractivity contribution in [1.29, 1.82) is 5.26 Å². The maximum absolute atomic E-state index is 10.6. The third kappa shape index (κ3) is 3.91. The molecule has 0 saturated heterocycles. The Kier molecular flexibility index (Phi) is 4.80.